The van der Waals surface area contributed by atoms with Gasteiger partial charge in [0.15, 0.2) is 0 Å². The van der Waals surface area contributed by atoms with Crippen molar-refractivity contribution in [2.45, 2.75) is 6.18 Å². The van der Waals surface area contributed by atoms with Crippen LogP contribution in [-0.2, 0) is 6.18 Å². The van der Waals surface area contributed by atoms with Crippen LogP contribution in [0.4, 0.5) is 13.2 Å². The molecule has 0 radical (unpaired) electrons. The zero-order chi connectivity index (χ0) is 15.6. The van der Waals surface area contributed by atoms with Gasteiger partial charge in [-0.15, -0.1) is 0 Å². The average molecular weight is 295 g/mol. The molecule has 2 N–H and O–H groups in total. The third kappa shape index (κ3) is 2.99. The van der Waals surface area contributed by atoms with Gasteiger partial charge in [-0.1, -0.05) is 30.3 Å². The molecule has 2 rings (SSSR count). The monoisotopic (exact) mass is 295 g/mol. The third-order valence-corrected chi connectivity index (χ3v) is 3.00. The van der Waals surface area contributed by atoms with Crippen LogP contribution < -0.4 is 10.5 Å². The molecule has 0 aromatic heterocycles. The van der Waals surface area contributed by atoms with Crippen LogP contribution in [-0.4, -0.2) is 13.0 Å². The highest BCUT2D eigenvalue weighted by Crippen LogP contribution is 2.40. The van der Waals surface area contributed by atoms with Gasteiger partial charge in [0.25, 0.3) is 5.91 Å². The predicted octanol–water partition coefficient (Wildman–Crippen LogP) is 3.48. The first-order chi connectivity index (χ1) is 9.84. The van der Waals surface area contributed by atoms with E-state index in [2.05, 4.69) is 0 Å². The molecule has 0 saturated carbocycles. The minimum Gasteiger partial charge on any atom is -0.496 e. The van der Waals surface area contributed by atoms with Gasteiger partial charge in [-0.2, -0.15) is 13.2 Å². The lowest BCUT2D eigenvalue weighted by molar-refractivity contribution is -0.137. The number of amides is 1. The van der Waals surface area contributed by atoms with Crippen LogP contribution in [0.2, 0.25) is 0 Å². The van der Waals surface area contributed by atoms with Crippen molar-refractivity contribution < 1.29 is 22.7 Å². The van der Waals surface area contributed by atoms with Crippen molar-refractivity contribution in [1.29, 1.82) is 0 Å². The fourth-order valence-corrected chi connectivity index (χ4v) is 2.03. The lowest BCUT2D eigenvalue weighted by atomic mass is 9.96. The molecule has 1 amide bonds. The molecular formula is C15H12F3NO2. The van der Waals surface area contributed by atoms with Crippen molar-refractivity contribution in [1.82, 2.24) is 0 Å². The molecule has 0 aliphatic rings. The molecule has 0 saturated heterocycles. The molecule has 0 fully saturated rings. The number of carbonyl (C=O) groups excluding carboxylic acids is 1. The second kappa shape index (κ2) is 5.47. The van der Waals surface area contributed by atoms with E-state index in [4.69, 9.17) is 10.5 Å². The number of primary amides is 1. The van der Waals surface area contributed by atoms with E-state index < -0.39 is 17.6 Å². The summed E-state index contributed by atoms with van der Waals surface area (Å²) >= 11 is 0. The van der Waals surface area contributed by atoms with Crippen LogP contribution >= 0.6 is 0 Å². The van der Waals surface area contributed by atoms with Crippen LogP contribution in [0.25, 0.3) is 11.1 Å². The van der Waals surface area contributed by atoms with Gasteiger partial charge in [-0.05, 0) is 23.3 Å². The van der Waals surface area contributed by atoms with Gasteiger partial charge in [0.05, 0.1) is 18.2 Å². The maximum absolute atomic E-state index is 13.2. The number of benzene rings is 2. The summed E-state index contributed by atoms with van der Waals surface area (Å²) in [5, 5.41) is 0. The Kier molecular flexibility index (Phi) is 3.88. The molecular weight excluding hydrogens is 283 g/mol. The maximum atomic E-state index is 13.2. The Balaban J connectivity index is 2.77. The number of halogens is 3. The Morgan fingerprint density at radius 1 is 1.14 bits per heavy atom. The normalized spacial score (nSPS) is 11.2. The van der Waals surface area contributed by atoms with Crippen molar-refractivity contribution in [3.05, 3.63) is 53.6 Å². The van der Waals surface area contributed by atoms with E-state index in [0.717, 1.165) is 12.1 Å². The zero-order valence-corrected chi connectivity index (χ0v) is 11.1. The van der Waals surface area contributed by atoms with Crippen molar-refractivity contribution in [3.63, 3.8) is 0 Å². The highest BCUT2D eigenvalue weighted by atomic mass is 19.4. The standard InChI is InChI=1S/C15H12F3NO2/c1-21-13-8-12(15(16,17)18)10(7-11(13)14(19)20)9-5-3-2-4-6-9/h2-8H,1H3,(H2,19,20). The molecule has 21 heavy (non-hydrogen) atoms. The van der Waals surface area contributed by atoms with E-state index in [-0.39, 0.29) is 16.9 Å². The molecule has 0 heterocycles. The van der Waals surface area contributed by atoms with Gasteiger partial charge < -0.3 is 10.5 Å². The number of hydrogen-bond acceptors (Lipinski definition) is 2. The number of carbonyl (C=O) groups is 1. The molecule has 110 valence electrons. The summed E-state index contributed by atoms with van der Waals surface area (Å²) in [4.78, 5) is 11.4. The number of rotatable bonds is 3. The highest BCUT2D eigenvalue weighted by Gasteiger charge is 2.35. The Labute approximate surface area is 119 Å². The lowest BCUT2D eigenvalue weighted by Crippen LogP contribution is -2.15. The van der Waals surface area contributed by atoms with Crippen molar-refractivity contribution in [3.8, 4) is 16.9 Å². The highest BCUT2D eigenvalue weighted by molar-refractivity contribution is 5.97. The van der Waals surface area contributed by atoms with Gasteiger partial charge in [0.2, 0.25) is 0 Å². The van der Waals surface area contributed by atoms with Crippen LogP contribution in [0.5, 0.6) is 5.75 Å². The second-order valence-corrected chi connectivity index (χ2v) is 4.33. The molecule has 0 unspecified atom stereocenters. The zero-order valence-electron chi connectivity index (χ0n) is 11.1. The minimum absolute atomic E-state index is 0.0932. The Morgan fingerprint density at radius 3 is 2.24 bits per heavy atom. The van der Waals surface area contributed by atoms with Gasteiger partial charge in [0, 0.05) is 0 Å². The molecule has 0 aliphatic carbocycles. The van der Waals surface area contributed by atoms with Crippen LogP contribution in [0.3, 0.4) is 0 Å². The first-order valence-corrected chi connectivity index (χ1v) is 5.99. The summed E-state index contributed by atoms with van der Waals surface area (Å²) in [6.45, 7) is 0. The molecule has 6 heteroatoms. The largest absolute Gasteiger partial charge is 0.496 e. The van der Waals surface area contributed by atoms with Gasteiger partial charge in [-0.25, -0.2) is 0 Å². The topological polar surface area (TPSA) is 52.3 Å². The van der Waals surface area contributed by atoms with Crippen molar-refractivity contribution in [2.24, 2.45) is 5.73 Å². The summed E-state index contributed by atoms with van der Waals surface area (Å²) in [5.41, 5.74) is 4.45. The average Bonchev–Trinajstić information content (AvgIpc) is 2.45. The minimum atomic E-state index is -4.57. The number of ether oxygens (including phenoxy) is 1. The number of nitrogens with two attached hydrogens (primary N) is 1. The summed E-state index contributed by atoms with van der Waals surface area (Å²) in [6, 6.07) is 9.88. The van der Waals surface area contributed by atoms with E-state index in [1.54, 1.807) is 18.2 Å². The van der Waals surface area contributed by atoms with Gasteiger partial charge >= 0.3 is 6.18 Å². The molecule has 2 aromatic carbocycles. The van der Waals surface area contributed by atoms with Crippen LogP contribution in [0.1, 0.15) is 15.9 Å². The molecule has 0 spiro atoms. The fourth-order valence-electron chi connectivity index (χ4n) is 2.03. The molecule has 3 nitrogen and oxygen atoms in total. The van der Waals surface area contributed by atoms with Crippen LogP contribution in [0.15, 0.2) is 42.5 Å². The summed E-state index contributed by atoms with van der Waals surface area (Å²) in [5.74, 6) is -1.05. The first-order valence-electron chi connectivity index (χ1n) is 5.99. The van der Waals surface area contributed by atoms with E-state index in [1.165, 1.54) is 19.2 Å². The van der Waals surface area contributed by atoms with E-state index in [1.807, 2.05) is 0 Å². The Morgan fingerprint density at radius 2 is 1.76 bits per heavy atom. The Bertz CT molecular complexity index is 667. The SMILES string of the molecule is COc1cc(C(F)(F)F)c(-c2ccccc2)cc1C(N)=O. The van der Waals surface area contributed by atoms with Gasteiger partial charge in [0.1, 0.15) is 5.75 Å². The smallest absolute Gasteiger partial charge is 0.417 e. The summed E-state index contributed by atoms with van der Waals surface area (Å²) < 4.78 is 44.5. The maximum Gasteiger partial charge on any atom is 0.417 e. The van der Waals surface area contributed by atoms with E-state index >= 15 is 0 Å². The predicted molar refractivity (Wildman–Crippen MR) is 71.9 cm³/mol. The molecule has 0 bridgehead atoms. The number of methoxy groups -OCH3 is 1. The summed E-state index contributed by atoms with van der Waals surface area (Å²) in [6.07, 6.45) is -4.57. The lowest BCUT2D eigenvalue weighted by Gasteiger charge is -2.16. The summed E-state index contributed by atoms with van der Waals surface area (Å²) in [7, 11) is 1.18. The van der Waals surface area contributed by atoms with Crippen LogP contribution in [0, 0.1) is 0 Å². The number of alkyl halides is 3. The molecule has 0 aliphatic heterocycles. The van der Waals surface area contributed by atoms with E-state index in [0.29, 0.717) is 5.56 Å². The van der Waals surface area contributed by atoms with Gasteiger partial charge in [-0.3, -0.25) is 4.79 Å². The quantitative estimate of drug-likeness (QED) is 0.942. The van der Waals surface area contributed by atoms with Crippen molar-refractivity contribution in [2.75, 3.05) is 7.11 Å². The molecule has 2 aromatic rings. The van der Waals surface area contributed by atoms with Crippen molar-refractivity contribution >= 4 is 5.91 Å². The Hall–Kier alpha value is -2.50. The van der Waals surface area contributed by atoms with E-state index in [9.17, 15) is 18.0 Å². The third-order valence-electron chi connectivity index (χ3n) is 3.00. The second-order valence-electron chi connectivity index (χ2n) is 4.33. The molecule has 0 atom stereocenters. The first kappa shape index (κ1) is 14.9. The number of hydrogen-bond donors (Lipinski definition) is 1. The fraction of sp³-hybridized carbons (Fsp3) is 0.133.